The Morgan fingerprint density at radius 1 is 0.214 bits per heavy atom. The van der Waals surface area contributed by atoms with Crippen LogP contribution in [-0.4, -0.2) is 20.4 Å². The van der Waals surface area contributed by atoms with E-state index < -0.39 is 0 Å². The van der Waals surface area contributed by atoms with Crippen LogP contribution < -0.4 is 0 Å². The minimum absolute atomic E-state index is 0.287. The Labute approximate surface area is 346 Å². The predicted octanol–water partition coefficient (Wildman–Crippen LogP) is 14.9. The van der Waals surface area contributed by atoms with Gasteiger partial charge < -0.3 is 20.4 Å². The summed E-state index contributed by atoms with van der Waals surface area (Å²) < 4.78 is 0. The van der Waals surface area contributed by atoms with Crippen molar-refractivity contribution < 1.29 is 20.4 Å². The highest BCUT2D eigenvalue weighted by atomic mass is 35.5. The lowest BCUT2D eigenvalue weighted by Crippen LogP contribution is -1.77. The average molecular weight is 819 g/mol. The largest absolute Gasteiger partial charge is 0.507 e. The first kappa shape index (κ1) is 41.3. The van der Waals surface area contributed by atoms with E-state index in [1.54, 1.807) is 48.5 Å². The number of benzene rings is 8. The van der Waals surface area contributed by atoms with Crippen LogP contribution in [0.4, 0.5) is 0 Å². The molecule has 280 valence electrons. The van der Waals surface area contributed by atoms with Crippen LogP contribution in [-0.2, 0) is 0 Å². The average Bonchev–Trinajstić information content (AvgIpc) is 3.21. The number of halogens is 4. The van der Waals surface area contributed by atoms with Crippen molar-refractivity contribution in [2.24, 2.45) is 0 Å². The molecule has 0 unspecified atom stereocenters. The van der Waals surface area contributed by atoms with Gasteiger partial charge in [0.15, 0.2) is 0 Å². The van der Waals surface area contributed by atoms with Gasteiger partial charge in [-0.2, -0.15) is 0 Å². The number of rotatable bonds is 4. The molecule has 4 nitrogen and oxygen atoms in total. The number of para-hydroxylation sites is 4. The van der Waals surface area contributed by atoms with Crippen LogP contribution >= 0.6 is 46.4 Å². The lowest BCUT2D eigenvalue weighted by Gasteiger charge is -2.03. The lowest BCUT2D eigenvalue weighted by molar-refractivity contribution is 0.477. The molecule has 0 aliphatic carbocycles. The summed E-state index contributed by atoms with van der Waals surface area (Å²) in [4.78, 5) is 0. The molecule has 4 N–H and O–H groups in total. The van der Waals surface area contributed by atoms with Crippen molar-refractivity contribution in [3.8, 4) is 67.5 Å². The third-order valence-electron chi connectivity index (χ3n) is 8.24. The third-order valence-corrected chi connectivity index (χ3v) is 9.25. The van der Waals surface area contributed by atoms with Crippen molar-refractivity contribution in [2.75, 3.05) is 0 Å². The molecular weight excluding hydrogens is 782 g/mol. The molecule has 8 rings (SSSR count). The molecular formula is C48H36Cl4O4. The van der Waals surface area contributed by atoms with Crippen LogP contribution in [0.3, 0.4) is 0 Å². The molecule has 8 aromatic rings. The Bertz CT molecular complexity index is 2090. The van der Waals surface area contributed by atoms with Crippen molar-refractivity contribution in [3.63, 3.8) is 0 Å². The molecule has 8 aromatic carbocycles. The number of phenols is 4. The van der Waals surface area contributed by atoms with Crippen LogP contribution in [0.5, 0.6) is 23.0 Å². The molecule has 8 heteroatoms. The van der Waals surface area contributed by atoms with Gasteiger partial charge in [-0.3, -0.25) is 0 Å². The summed E-state index contributed by atoms with van der Waals surface area (Å²) in [7, 11) is 0. The lowest BCUT2D eigenvalue weighted by atomic mass is 10.1. The maximum atomic E-state index is 9.60. The molecule has 0 bridgehead atoms. The molecule has 56 heavy (non-hydrogen) atoms. The maximum absolute atomic E-state index is 9.60. The summed E-state index contributed by atoms with van der Waals surface area (Å²) in [5.41, 5.74) is 7.15. The normalized spacial score (nSPS) is 10.1. The fourth-order valence-electron chi connectivity index (χ4n) is 5.39. The zero-order valence-electron chi connectivity index (χ0n) is 29.8. The maximum Gasteiger partial charge on any atom is 0.123 e. The Morgan fingerprint density at radius 2 is 0.375 bits per heavy atom. The molecule has 0 heterocycles. The molecule has 0 saturated heterocycles. The van der Waals surface area contributed by atoms with E-state index in [1.165, 1.54) is 0 Å². The van der Waals surface area contributed by atoms with Gasteiger partial charge >= 0.3 is 0 Å². The van der Waals surface area contributed by atoms with Gasteiger partial charge in [0.2, 0.25) is 0 Å². The van der Waals surface area contributed by atoms with Crippen molar-refractivity contribution in [3.05, 3.63) is 214 Å². The van der Waals surface area contributed by atoms with Crippen LogP contribution in [0.1, 0.15) is 0 Å². The van der Waals surface area contributed by atoms with Gasteiger partial charge in [-0.1, -0.05) is 168 Å². The Kier molecular flexibility index (Phi) is 15.3. The highest BCUT2D eigenvalue weighted by Crippen LogP contribution is 2.32. The molecule has 0 saturated carbocycles. The van der Waals surface area contributed by atoms with Gasteiger partial charge in [0, 0.05) is 42.3 Å². The van der Waals surface area contributed by atoms with E-state index in [9.17, 15) is 20.4 Å². The standard InChI is InChI=1S/4C12H9ClO/c4*13-10-7-5-9(6-8-10)11-3-1-2-4-12(11)14/h4*1-8,14H. The fraction of sp³-hybridized carbons (Fsp3) is 0. The fourth-order valence-corrected chi connectivity index (χ4v) is 5.89. The van der Waals surface area contributed by atoms with Crippen molar-refractivity contribution in [1.29, 1.82) is 0 Å². The van der Waals surface area contributed by atoms with Crippen molar-refractivity contribution in [1.82, 2.24) is 0 Å². The minimum atomic E-state index is 0.287. The van der Waals surface area contributed by atoms with Gasteiger partial charge in [-0.25, -0.2) is 0 Å². The van der Waals surface area contributed by atoms with E-state index in [4.69, 9.17) is 46.4 Å². The van der Waals surface area contributed by atoms with Crippen molar-refractivity contribution in [2.45, 2.75) is 0 Å². The second-order valence-electron chi connectivity index (χ2n) is 12.1. The summed E-state index contributed by atoms with van der Waals surface area (Å²) >= 11 is 23.1. The second kappa shape index (κ2) is 20.7. The number of hydrogen-bond donors (Lipinski definition) is 4. The molecule has 0 aliphatic heterocycles. The first-order chi connectivity index (χ1) is 27.1. The van der Waals surface area contributed by atoms with E-state index >= 15 is 0 Å². The predicted molar refractivity (Wildman–Crippen MR) is 234 cm³/mol. The van der Waals surface area contributed by atoms with E-state index in [-0.39, 0.29) is 23.0 Å². The number of phenolic OH excluding ortho intramolecular Hbond substituents is 4. The summed E-state index contributed by atoms with van der Waals surface area (Å²) in [6.45, 7) is 0. The third kappa shape index (κ3) is 12.1. The number of aromatic hydroxyl groups is 4. The Hall–Kier alpha value is -5.88. The first-order valence-corrected chi connectivity index (χ1v) is 18.8. The van der Waals surface area contributed by atoms with Crippen LogP contribution in [0.2, 0.25) is 20.1 Å². The molecule has 0 atom stereocenters. The molecule has 0 fully saturated rings. The first-order valence-electron chi connectivity index (χ1n) is 17.2. The quantitative estimate of drug-likeness (QED) is 0.143. The van der Waals surface area contributed by atoms with Gasteiger partial charge in [0.1, 0.15) is 23.0 Å². The van der Waals surface area contributed by atoms with Gasteiger partial charge in [-0.15, -0.1) is 0 Å². The zero-order valence-corrected chi connectivity index (χ0v) is 32.8. The minimum Gasteiger partial charge on any atom is -0.507 e. The topological polar surface area (TPSA) is 80.9 Å². The van der Waals surface area contributed by atoms with Crippen molar-refractivity contribution >= 4 is 46.4 Å². The summed E-state index contributed by atoms with van der Waals surface area (Å²) in [5, 5.41) is 41.2. The molecule has 0 amide bonds. The summed E-state index contributed by atoms with van der Waals surface area (Å²) in [6, 6.07) is 58.5. The van der Waals surface area contributed by atoms with Gasteiger partial charge in [0.05, 0.1) is 0 Å². The molecule has 0 spiro atoms. The summed E-state index contributed by atoms with van der Waals surface area (Å²) in [6.07, 6.45) is 0. The van der Waals surface area contributed by atoms with E-state index in [0.29, 0.717) is 20.1 Å². The molecule has 0 radical (unpaired) electrons. The highest BCUT2D eigenvalue weighted by molar-refractivity contribution is 6.31. The SMILES string of the molecule is Oc1ccccc1-c1ccc(Cl)cc1.Oc1ccccc1-c1ccc(Cl)cc1.Oc1ccccc1-c1ccc(Cl)cc1.Oc1ccccc1-c1ccc(Cl)cc1. The van der Waals surface area contributed by atoms with Gasteiger partial charge in [0.25, 0.3) is 0 Å². The van der Waals surface area contributed by atoms with Gasteiger partial charge in [-0.05, 0) is 95.1 Å². The van der Waals surface area contributed by atoms with E-state index in [2.05, 4.69) is 0 Å². The number of hydrogen-bond acceptors (Lipinski definition) is 4. The molecule has 0 aliphatic rings. The zero-order chi connectivity index (χ0) is 39.9. The highest BCUT2D eigenvalue weighted by Gasteiger charge is 2.05. The van der Waals surface area contributed by atoms with Crippen LogP contribution in [0.25, 0.3) is 44.5 Å². The van der Waals surface area contributed by atoms with E-state index in [0.717, 1.165) is 44.5 Å². The molecule has 0 aromatic heterocycles. The van der Waals surface area contributed by atoms with E-state index in [1.807, 2.05) is 146 Å². The van der Waals surface area contributed by atoms with Crippen LogP contribution in [0.15, 0.2) is 194 Å². The Balaban J connectivity index is 0.000000143. The van der Waals surface area contributed by atoms with Crippen LogP contribution in [0, 0.1) is 0 Å². The Morgan fingerprint density at radius 3 is 0.536 bits per heavy atom. The summed E-state index contributed by atoms with van der Waals surface area (Å²) in [5.74, 6) is 1.15. The monoisotopic (exact) mass is 816 g/mol. The second-order valence-corrected chi connectivity index (χ2v) is 13.8. The smallest absolute Gasteiger partial charge is 0.123 e.